The average Bonchev–Trinajstić information content (AvgIpc) is 2.83. The smallest absolute Gasteiger partial charge is 0.403 e. The highest BCUT2D eigenvalue weighted by atomic mass is 19.4. The number of nitrogens with one attached hydrogen (secondary N) is 1. The first-order chi connectivity index (χ1) is 9.94. The van der Waals surface area contributed by atoms with Crippen molar-refractivity contribution in [2.24, 2.45) is 0 Å². The third-order valence-electron chi connectivity index (χ3n) is 2.83. The molecular formula is C14H8F4N2O. The van der Waals surface area contributed by atoms with Gasteiger partial charge in [-0.25, -0.2) is 9.37 Å². The molecule has 0 spiro atoms. The molecule has 1 heterocycles. The van der Waals surface area contributed by atoms with Gasteiger partial charge >= 0.3 is 6.36 Å². The molecule has 3 nitrogen and oxygen atoms in total. The number of aromatic amines is 1. The first kappa shape index (κ1) is 13.4. The molecule has 7 heteroatoms. The zero-order valence-corrected chi connectivity index (χ0v) is 10.4. The minimum Gasteiger partial charge on any atom is -0.403 e. The van der Waals surface area contributed by atoms with Crippen LogP contribution in [0.5, 0.6) is 5.75 Å². The summed E-state index contributed by atoms with van der Waals surface area (Å²) >= 11 is 0. The summed E-state index contributed by atoms with van der Waals surface area (Å²) in [5.74, 6) is -1.87. The van der Waals surface area contributed by atoms with E-state index in [9.17, 15) is 17.6 Å². The highest BCUT2D eigenvalue weighted by Gasteiger charge is 2.33. The summed E-state index contributed by atoms with van der Waals surface area (Å²) in [4.78, 5) is 7.00. The maximum Gasteiger partial charge on any atom is 0.573 e. The Morgan fingerprint density at radius 2 is 1.76 bits per heavy atom. The lowest BCUT2D eigenvalue weighted by Gasteiger charge is -2.10. The van der Waals surface area contributed by atoms with Crippen LogP contribution in [-0.4, -0.2) is 16.3 Å². The SMILES string of the molecule is Fc1c(OC(F)(F)F)cccc1-c1nc2ccccc2[nH]1. The van der Waals surface area contributed by atoms with Gasteiger partial charge in [-0.2, -0.15) is 0 Å². The van der Waals surface area contributed by atoms with Gasteiger partial charge in [0, 0.05) is 0 Å². The highest BCUT2D eigenvalue weighted by molar-refractivity contribution is 5.79. The van der Waals surface area contributed by atoms with Crippen LogP contribution in [0.15, 0.2) is 42.5 Å². The van der Waals surface area contributed by atoms with E-state index in [1.54, 1.807) is 24.3 Å². The normalized spacial score (nSPS) is 11.8. The molecular weight excluding hydrogens is 288 g/mol. The number of halogens is 4. The van der Waals surface area contributed by atoms with Crippen molar-refractivity contribution in [3.05, 3.63) is 48.3 Å². The first-order valence-corrected chi connectivity index (χ1v) is 5.93. The molecule has 3 rings (SSSR count). The van der Waals surface area contributed by atoms with E-state index in [0.29, 0.717) is 11.0 Å². The summed E-state index contributed by atoms with van der Waals surface area (Å²) in [5, 5.41) is 0. The molecule has 0 radical (unpaired) electrons. The van der Waals surface area contributed by atoms with Gasteiger partial charge in [-0.15, -0.1) is 13.2 Å². The van der Waals surface area contributed by atoms with Crippen LogP contribution < -0.4 is 4.74 Å². The third kappa shape index (κ3) is 2.67. The summed E-state index contributed by atoms with van der Waals surface area (Å²) in [6.07, 6.45) is -4.95. The Morgan fingerprint density at radius 3 is 2.48 bits per heavy atom. The molecule has 0 fully saturated rings. The molecule has 1 N–H and O–H groups in total. The number of ether oxygens (including phenoxy) is 1. The van der Waals surface area contributed by atoms with E-state index in [1.165, 1.54) is 12.1 Å². The fourth-order valence-electron chi connectivity index (χ4n) is 1.98. The Hall–Kier alpha value is -2.57. The average molecular weight is 296 g/mol. The Labute approximate surface area is 116 Å². The lowest BCUT2D eigenvalue weighted by Crippen LogP contribution is -2.18. The van der Waals surface area contributed by atoms with E-state index >= 15 is 0 Å². The van der Waals surface area contributed by atoms with Crippen molar-refractivity contribution in [3.8, 4) is 17.1 Å². The molecule has 0 aliphatic heterocycles. The van der Waals surface area contributed by atoms with Gasteiger partial charge in [0.1, 0.15) is 5.82 Å². The summed E-state index contributed by atoms with van der Waals surface area (Å²) in [5.41, 5.74) is 1.16. The van der Waals surface area contributed by atoms with Gasteiger partial charge in [-0.1, -0.05) is 18.2 Å². The first-order valence-electron chi connectivity index (χ1n) is 5.93. The molecule has 108 valence electrons. The van der Waals surface area contributed by atoms with Crippen LogP contribution in [-0.2, 0) is 0 Å². The topological polar surface area (TPSA) is 37.9 Å². The number of fused-ring (bicyclic) bond motifs is 1. The van der Waals surface area contributed by atoms with Crippen LogP contribution >= 0.6 is 0 Å². The van der Waals surface area contributed by atoms with E-state index in [1.807, 2.05) is 0 Å². The second kappa shape index (κ2) is 4.76. The van der Waals surface area contributed by atoms with E-state index in [4.69, 9.17) is 0 Å². The van der Waals surface area contributed by atoms with Crippen LogP contribution in [0.4, 0.5) is 17.6 Å². The molecule has 0 atom stereocenters. The molecule has 0 unspecified atom stereocenters. The van der Waals surface area contributed by atoms with Crippen molar-refractivity contribution in [3.63, 3.8) is 0 Å². The molecule has 0 amide bonds. The molecule has 0 aliphatic rings. The second-order valence-electron chi connectivity index (χ2n) is 4.27. The highest BCUT2D eigenvalue weighted by Crippen LogP contribution is 2.31. The number of benzene rings is 2. The Morgan fingerprint density at radius 1 is 1.00 bits per heavy atom. The molecule has 1 aromatic heterocycles. The summed E-state index contributed by atoms with van der Waals surface area (Å²) in [6.45, 7) is 0. The standard InChI is InChI=1S/C14H8F4N2O/c15-12-8(4-3-7-11(12)21-14(16,17)18)13-19-9-5-1-2-6-10(9)20-13/h1-7H,(H,19,20). The molecule has 2 aromatic carbocycles. The number of para-hydroxylation sites is 2. The van der Waals surface area contributed by atoms with E-state index in [-0.39, 0.29) is 11.4 Å². The fraction of sp³-hybridized carbons (Fsp3) is 0.0714. The number of hydrogen-bond donors (Lipinski definition) is 1. The van der Waals surface area contributed by atoms with Crippen LogP contribution in [0.1, 0.15) is 0 Å². The molecule has 0 saturated heterocycles. The van der Waals surface area contributed by atoms with Crippen LogP contribution in [0.2, 0.25) is 0 Å². The van der Waals surface area contributed by atoms with Crippen molar-refractivity contribution in [1.29, 1.82) is 0 Å². The van der Waals surface area contributed by atoms with Crippen molar-refractivity contribution in [1.82, 2.24) is 9.97 Å². The Kier molecular flexibility index (Phi) is 3.04. The van der Waals surface area contributed by atoms with Gasteiger partial charge in [0.25, 0.3) is 0 Å². The third-order valence-corrected chi connectivity index (χ3v) is 2.83. The Balaban J connectivity index is 2.08. The maximum absolute atomic E-state index is 14.1. The van der Waals surface area contributed by atoms with Gasteiger partial charge < -0.3 is 9.72 Å². The van der Waals surface area contributed by atoms with Gasteiger partial charge in [0.2, 0.25) is 0 Å². The number of alkyl halides is 3. The van der Waals surface area contributed by atoms with E-state index < -0.39 is 17.9 Å². The van der Waals surface area contributed by atoms with E-state index in [2.05, 4.69) is 14.7 Å². The number of imidazole rings is 1. The summed E-state index contributed by atoms with van der Waals surface area (Å²) in [7, 11) is 0. The molecule has 0 bridgehead atoms. The minimum atomic E-state index is -4.95. The summed E-state index contributed by atoms with van der Waals surface area (Å²) < 4.78 is 54.4. The minimum absolute atomic E-state index is 0.0899. The lowest BCUT2D eigenvalue weighted by molar-refractivity contribution is -0.275. The zero-order valence-electron chi connectivity index (χ0n) is 10.4. The molecule has 0 aliphatic carbocycles. The van der Waals surface area contributed by atoms with Crippen molar-refractivity contribution < 1.29 is 22.3 Å². The molecule has 3 aromatic rings. The maximum atomic E-state index is 14.1. The molecule has 21 heavy (non-hydrogen) atoms. The quantitative estimate of drug-likeness (QED) is 0.717. The van der Waals surface area contributed by atoms with Crippen molar-refractivity contribution in [2.45, 2.75) is 6.36 Å². The van der Waals surface area contributed by atoms with Crippen LogP contribution in [0.3, 0.4) is 0 Å². The van der Waals surface area contributed by atoms with Gasteiger partial charge in [-0.05, 0) is 24.3 Å². The Bertz CT molecular complexity index is 762. The van der Waals surface area contributed by atoms with Gasteiger partial charge in [-0.3, -0.25) is 0 Å². The van der Waals surface area contributed by atoms with Crippen molar-refractivity contribution in [2.75, 3.05) is 0 Å². The second-order valence-corrected chi connectivity index (χ2v) is 4.27. The summed E-state index contributed by atoms with van der Waals surface area (Å²) in [6, 6.07) is 10.5. The number of aromatic nitrogens is 2. The lowest BCUT2D eigenvalue weighted by atomic mass is 10.2. The number of rotatable bonds is 2. The van der Waals surface area contributed by atoms with E-state index in [0.717, 1.165) is 6.07 Å². The fourth-order valence-corrected chi connectivity index (χ4v) is 1.98. The number of hydrogen-bond acceptors (Lipinski definition) is 2. The van der Waals surface area contributed by atoms with Crippen LogP contribution in [0, 0.1) is 5.82 Å². The number of nitrogens with zero attached hydrogens (tertiary/aromatic N) is 1. The predicted molar refractivity (Wildman–Crippen MR) is 68.2 cm³/mol. The predicted octanol–water partition coefficient (Wildman–Crippen LogP) is 4.27. The van der Waals surface area contributed by atoms with Gasteiger partial charge in [0.05, 0.1) is 16.6 Å². The van der Waals surface area contributed by atoms with Crippen LogP contribution in [0.25, 0.3) is 22.4 Å². The number of H-pyrrole nitrogens is 1. The van der Waals surface area contributed by atoms with Gasteiger partial charge in [0.15, 0.2) is 11.6 Å². The monoisotopic (exact) mass is 296 g/mol. The largest absolute Gasteiger partial charge is 0.573 e. The van der Waals surface area contributed by atoms with Crippen molar-refractivity contribution >= 4 is 11.0 Å². The zero-order chi connectivity index (χ0) is 15.0. The molecule has 0 saturated carbocycles.